The van der Waals surface area contributed by atoms with Gasteiger partial charge in [-0.3, -0.25) is 4.99 Å². The summed E-state index contributed by atoms with van der Waals surface area (Å²) in [5.41, 5.74) is 0. The third kappa shape index (κ3) is 13.0. The molecular formula is C13H30IN3O2S. The van der Waals surface area contributed by atoms with E-state index in [-0.39, 0.29) is 35.5 Å². The van der Waals surface area contributed by atoms with Crippen LogP contribution in [0.4, 0.5) is 0 Å². The first-order valence-corrected chi connectivity index (χ1v) is 9.10. The van der Waals surface area contributed by atoms with Gasteiger partial charge in [-0.1, -0.05) is 33.1 Å². The minimum Gasteiger partial charge on any atom is -0.357 e. The number of unbranched alkanes of at least 4 members (excludes halogenated alkanes) is 3. The summed E-state index contributed by atoms with van der Waals surface area (Å²) in [7, 11) is -2.91. The Labute approximate surface area is 141 Å². The standard InChI is InChI=1S/C13H29N3O2S.HI/c1-4-7-8-9-10-15-13(14-5-2)16-11-12-19(17,18)6-3;/h4-12H2,1-3H3,(H2,14,15,16);1H. The van der Waals surface area contributed by atoms with Crippen molar-refractivity contribution >= 4 is 39.8 Å². The number of hydrogen-bond donors (Lipinski definition) is 2. The molecule has 122 valence electrons. The van der Waals surface area contributed by atoms with Gasteiger partial charge in [-0.2, -0.15) is 0 Å². The maximum Gasteiger partial charge on any atom is 0.191 e. The van der Waals surface area contributed by atoms with Gasteiger partial charge in [0.2, 0.25) is 0 Å². The van der Waals surface area contributed by atoms with Crippen LogP contribution in [0.1, 0.15) is 46.5 Å². The number of hydrogen-bond acceptors (Lipinski definition) is 3. The fourth-order valence-electron chi connectivity index (χ4n) is 1.54. The Hall–Kier alpha value is -0.0500. The van der Waals surface area contributed by atoms with E-state index in [1.165, 1.54) is 19.3 Å². The summed E-state index contributed by atoms with van der Waals surface area (Å²) in [6.07, 6.45) is 4.74. The maximum atomic E-state index is 11.4. The van der Waals surface area contributed by atoms with E-state index in [0.29, 0.717) is 12.5 Å². The van der Waals surface area contributed by atoms with E-state index in [9.17, 15) is 8.42 Å². The molecule has 2 N–H and O–H groups in total. The first-order chi connectivity index (χ1) is 9.05. The van der Waals surface area contributed by atoms with Crippen molar-refractivity contribution < 1.29 is 8.42 Å². The van der Waals surface area contributed by atoms with Crippen molar-refractivity contribution in [3.63, 3.8) is 0 Å². The summed E-state index contributed by atoms with van der Waals surface area (Å²) in [4.78, 5) is 4.43. The number of rotatable bonds is 10. The normalized spacial score (nSPS) is 11.8. The predicted octanol–water partition coefficient (Wildman–Crippen LogP) is 2.17. The van der Waals surface area contributed by atoms with Crippen LogP contribution in [0.2, 0.25) is 0 Å². The molecule has 0 saturated heterocycles. The van der Waals surface area contributed by atoms with E-state index in [2.05, 4.69) is 22.5 Å². The van der Waals surface area contributed by atoms with Gasteiger partial charge in [0.25, 0.3) is 0 Å². The Morgan fingerprint density at radius 2 is 1.75 bits per heavy atom. The van der Waals surface area contributed by atoms with Crippen LogP contribution in [0.15, 0.2) is 4.99 Å². The molecule has 20 heavy (non-hydrogen) atoms. The molecule has 0 bridgehead atoms. The van der Waals surface area contributed by atoms with Crippen LogP contribution in [0, 0.1) is 0 Å². The van der Waals surface area contributed by atoms with Crippen molar-refractivity contribution in [3.8, 4) is 0 Å². The Bertz CT molecular complexity index is 346. The fourth-order valence-corrected chi connectivity index (χ4v) is 2.24. The highest BCUT2D eigenvalue weighted by Gasteiger charge is 2.07. The number of nitrogens with zero attached hydrogens (tertiary/aromatic N) is 1. The first kappa shape index (κ1) is 22.2. The molecule has 0 aromatic carbocycles. The second-order valence-corrected chi connectivity index (χ2v) is 6.96. The van der Waals surface area contributed by atoms with Crippen molar-refractivity contribution in [3.05, 3.63) is 0 Å². The second-order valence-electron chi connectivity index (χ2n) is 4.48. The van der Waals surface area contributed by atoms with E-state index in [1.807, 2.05) is 6.92 Å². The highest BCUT2D eigenvalue weighted by atomic mass is 127. The summed E-state index contributed by atoms with van der Waals surface area (Å²) >= 11 is 0. The van der Waals surface area contributed by atoms with Crippen molar-refractivity contribution in [2.24, 2.45) is 4.99 Å². The van der Waals surface area contributed by atoms with Crippen LogP contribution < -0.4 is 10.6 Å². The molecule has 0 fully saturated rings. The summed E-state index contributed by atoms with van der Waals surface area (Å²) in [6, 6.07) is 0. The molecule has 0 rings (SSSR count). The summed E-state index contributed by atoms with van der Waals surface area (Å²) in [5, 5.41) is 6.18. The van der Waals surface area contributed by atoms with Crippen LogP contribution in [-0.4, -0.2) is 45.5 Å². The van der Waals surface area contributed by atoms with E-state index in [4.69, 9.17) is 0 Å². The summed E-state index contributed by atoms with van der Waals surface area (Å²) in [6.45, 7) is 7.83. The molecule has 0 aliphatic carbocycles. The zero-order chi connectivity index (χ0) is 14.6. The van der Waals surface area contributed by atoms with Crippen LogP contribution in [0.25, 0.3) is 0 Å². The van der Waals surface area contributed by atoms with E-state index in [1.54, 1.807) is 6.92 Å². The van der Waals surface area contributed by atoms with Gasteiger partial charge < -0.3 is 10.6 Å². The van der Waals surface area contributed by atoms with Crippen molar-refractivity contribution in [2.45, 2.75) is 46.5 Å². The molecule has 0 saturated carbocycles. The Morgan fingerprint density at radius 3 is 2.30 bits per heavy atom. The quantitative estimate of drug-likeness (QED) is 0.247. The number of aliphatic imine (C=N–C) groups is 1. The average Bonchev–Trinajstić information content (AvgIpc) is 2.38. The van der Waals surface area contributed by atoms with Crippen LogP contribution in [0.3, 0.4) is 0 Å². The van der Waals surface area contributed by atoms with Gasteiger partial charge in [0.05, 0.1) is 5.75 Å². The van der Waals surface area contributed by atoms with Gasteiger partial charge in [-0.15, -0.1) is 24.0 Å². The Balaban J connectivity index is 0. The molecule has 0 unspecified atom stereocenters. The highest BCUT2D eigenvalue weighted by Crippen LogP contribution is 1.98. The monoisotopic (exact) mass is 419 g/mol. The van der Waals surface area contributed by atoms with Crippen LogP contribution >= 0.6 is 24.0 Å². The second kappa shape index (κ2) is 13.9. The van der Waals surface area contributed by atoms with E-state index >= 15 is 0 Å². The highest BCUT2D eigenvalue weighted by molar-refractivity contribution is 14.0. The van der Waals surface area contributed by atoms with Crippen molar-refractivity contribution in [1.82, 2.24) is 10.6 Å². The molecule has 5 nitrogen and oxygen atoms in total. The zero-order valence-corrected chi connectivity index (χ0v) is 16.1. The lowest BCUT2D eigenvalue weighted by Crippen LogP contribution is -2.39. The van der Waals surface area contributed by atoms with Gasteiger partial charge in [-0.05, 0) is 13.3 Å². The minimum atomic E-state index is -2.91. The zero-order valence-electron chi connectivity index (χ0n) is 12.9. The smallest absolute Gasteiger partial charge is 0.191 e. The topological polar surface area (TPSA) is 70.6 Å². The lowest BCUT2D eigenvalue weighted by Gasteiger charge is -2.11. The van der Waals surface area contributed by atoms with Gasteiger partial charge in [-0.25, -0.2) is 8.42 Å². The van der Waals surface area contributed by atoms with Crippen LogP contribution in [-0.2, 0) is 9.84 Å². The molecule has 0 amide bonds. The third-order valence-corrected chi connectivity index (χ3v) is 4.48. The van der Waals surface area contributed by atoms with Gasteiger partial charge >= 0.3 is 0 Å². The molecule has 0 radical (unpaired) electrons. The maximum absolute atomic E-state index is 11.4. The van der Waals surface area contributed by atoms with Crippen molar-refractivity contribution in [2.75, 3.05) is 31.1 Å². The minimum absolute atomic E-state index is 0. The summed E-state index contributed by atoms with van der Waals surface area (Å²) < 4.78 is 22.7. The number of guanidine groups is 1. The fraction of sp³-hybridized carbons (Fsp3) is 0.923. The molecular weight excluding hydrogens is 389 g/mol. The number of nitrogens with one attached hydrogen (secondary N) is 2. The molecule has 7 heteroatoms. The van der Waals surface area contributed by atoms with Crippen LogP contribution in [0.5, 0.6) is 0 Å². The first-order valence-electron chi connectivity index (χ1n) is 7.28. The Kier molecular flexibility index (Phi) is 15.5. The number of halogens is 1. The van der Waals surface area contributed by atoms with Gasteiger partial charge in [0.1, 0.15) is 0 Å². The number of sulfone groups is 1. The lowest BCUT2D eigenvalue weighted by molar-refractivity contribution is 0.595. The molecule has 0 spiro atoms. The van der Waals surface area contributed by atoms with E-state index < -0.39 is 9.84 Å². The average molecular weight is 419 g/mol. The summed E-state index contributed by atoms with van der Waals surface area (Å²) in [5.74, 6) is 1.06. The molecule has 0 aliphatic heterocycles. The molecule has 0 aliphatic rings. The Morgan fingerprint density at radius 1 is 1.05 bits per heavy atom. The van der Waals surface area contributed by atoms with E-state index in [0.717, 1.165) is 19.5 Å². The van der Waals surface area contributed by atoms with Crippen molar-refractivity contribution in [1.29, 1.82) is 0 Å². The predicted molar refractivity (Wildman–Crippen MR) is 97.9 cm³/mol. The van der Waals surface area contributed by atoms with Gasteiger partial charge in [0.15, 0.2) is 15.8 Å². The third-order valence-electron chi connectivity index (χ3n) is 2.77. The largest absolute Gasteiger partial charge is 0.357 e. The lowest BCUT2D eigenvalue weighted by atomic mass is 10.2. The molecule has 0 atom stereocenters. The van der Waals surface area contributed by atoms with Gasteiger partial charge in [0, 0.05) is 25.4 Å². The molecule has 0 aromatic heterocycles. The molecule has 0 heterocycles. The SMILES string of the molecule is CCCCCCN=C(NCC)NCCS(=O)(=O)CC.I. The molecule has 0 aromatic rings.